The van der Waals surface area contributed by atoms with E-state index in [0.717, 1.165) is 5.56 Å². The number of aromatic amines is 1. The van der Waals surface area contributed by atoms with Gasteiger partial charge in [0.05, 0.1) is 10.0 Å². The number of amides is 1. The molecule has 1 aromatic carbocycles. The molecule has 1 heterocycles. The standard InChI is InChI=1S/C12H10BrFN2O/c13-11-9(2-1-3-10(11)14)12(17)16-7-8-4-5-15-6-8/h1-6,15H,7H2,(H,16,17). The fourth-order valence-electron chi connectivity index (χ4n) is 1.43. The molecule has 2 N–H and O–H groups in total. The summed E-state index contributed by atoms with van der Waals surface area (Å²) in [5.41, 5.74) is 1.26. The van der Waals surface area contributed by atoms with E-state index in [-0.39, 0.29) is 10.4 Å². The largest absolute Gasteiger partial charge is 0.367 e. The summed E-state index contributed by atoms with van der Waals surface area (Å²) in [6.45, 7) is 0.408. The number of halogens is 2. The van der Waals surface area contributed by atoms with Crippen molar-refractivity contribution < 1.29 is 9.18 Å². The van der Waals surface area contributed by atoms with E-state index in [1.165, 1.54) is 12.1 Å². The first-order chi connectivity index (χ1) is 8.18. The number of carbonyl (C=O) groups is 1. The molecule has 5 heteroatoms. The Kier molecular flexibility index (Phi) is 3.58. The predicted molar refractivity (Wildman–Crippen MR) is 66.1 cm³/mol. The van der Waals surface area contributed by atoms with Gasteiger partial charge in [0.25, 0.3) is 5.91 Å². The molecule has 0 saturated carbocycles. The molecule has 0 radical (unpaired) electrons. The lowest BCUT2D eigenvalue weighted by atomic mass is 10.2. The van der Waals surface area contributed by atoms with Crippen LogP contribution in [0.5, 0.6) is 0 Å². The molecule has 88 valence electrons. The highest BCUT2D eigenvalue weighted by Crippen LogP contribution is 2.20. The SMILES string of the molecule is O=C(NCc1cc[nH]c1)c1cccc(F)c1Br. The molecular formula is C12H10BrFN2O. The Hall–Kier alpha value is -1.62. The molecule has 17 heavy (non-hydrogen) atoms. The van der Waals surface area contributed by atoms with E-state index in [1.54, 1.807) is 18.5 Å². The van der Waals surface area contributed by atoms with Crippen LogP contribution in [0.15, 0.2) is 41.1 Å². The predicted octanol–water partition coefficient (Wildman–Crippen LogP) is 2.85. The quantitative estimate of drug-likeness (QED) is 0.899. The molecule has 1 aromatic heterocycles. The average molecular weight is 297 g/mol. The number of aromatic nitrogens is 1. The monoisotopic (exact) mass is 296 g/mol. The smallest absolute Gasteiger partial charge is 0.252 e. The maximum Gasteiger partial charge on any atom is 0.252 e. The summed E-state index contributed by atoms with van der Waals surface area (Å²) >= 11 is 3.06. The van der Waals surface area contributed by atoms with Crippen molar-refractivity contribution in [2.45, 2.75) is 6.54 Å². The summed E-state index contributed by atoms with van der Waals surface area (Å²) < 4.78 is 13.4. The van der Waals surface area contributed by atoms with Crippen molar-refractivity contribution in [2.75, 3.05) is 0 Å². The zero-order chi connectivity index (χ0) is 12.3. The van der Waals surface area contributed by atoms with Gasteiger partial charge in [-0.15, -0.1) is 0 Å². The molecule has 0 spiro atoms. The summed E-state index contributed by atoms with van der Waals surface area (Å²) in [4.78, 5) is 14.7. The van der Waals surface area contributed by atoms with E-state index in [4.69, 9.17) is 0 Å². The lowest BCUT2D eigenvalue weighted by Crippen LogP contribution is -2.23. The molecule has 0 unspecified atom stereocenters. The maximum absolute atomic E-state index is 13.2. The van der Waals surface area contributed by atoms with E-state index >= 15 is 0 Å². The zero-order valence-electron chi connectivity index (χ0n) is 8.84. The molecular weight excluding hydrogens is 287 g/mol. The molecule has 0 aliphatic rings. The molecule has 2 rings (SSSR count). The number of rotatable bonds is 3. The third-order valence-electron chi connectivity index (χ3n) is 2.31. The molecule has 2 aromatic rings. The van der Waals surface area contributed by atoms with Gasteiger partial charge < -0.3 is 10.3 Å². The molecule has 0 saturated heterocycles. The van der Waals surface area contributed by atoms with Crippen molar-refractivity contribution in [3.05, 3.63) is 58.1 Å². The number of H-pyrrole nitrogens is 1. The normalized spacial score (nSPS) is 10.2. The number of hydrogen-bond donors (Lipinski definition) is 2. The van der Waals surface area contributed by atoms with Gasteiger partial charge in [-0.2, -0.15) is 0 Å². The van der Waals surface area contributed by atoms with Crippen LogP contribution in [0.2, 0.25) is 0 Å². The van der Waals surface area contributed by atoms with Crippen LogP contribution in [0.1, 0.15) is 15.9 Å². The van der Waals surface area contributed by atoms with Crippen molar-refractivity contribution in [1.82, 2.24) is 10.3 Å². The minimum atomic E-state index is -0.445. The first-order valence-electron chi connectivity index (χ1n) is 5.02. The van der Waals surface area contributed by atoms with Crippen LogP contribution in [-0.4, -0.2) is 10.9 Å². The van der Waals surface area contributed by atoms with Gasteiger partial charge in [-0.25, -0.2) is 4.39 Å². The van der Waals surface area contributed by atoms with Gasteiger partial charge in [0, 0.05) is 18.9 Å². The second-order valence-electron chi connectivity index (χ2n) is 3.50. The van der Waals surface area contributed by atoms with Crippen LogP contribution in [0, 0.1) is 5.82 Å². The molecule has 0 aliphatic carbocycles. The summed E-state index contributed by atoms with van der Waals surface area (Å²) in [5.74, 6) is -0.753. The second kappa shape index (κ2) is 5.14. The maximum atomic E-state index is 13.2. The first-order valence-corrected chi connectivity index (χ1v) is 5.81. The van der Waals surface area contributed by atoms with Crippen molar-refractivity contribution in [3.8, 4) is 0 Å². The second-order valence-corrected chi connectivity index (χ2v) is 4.30. The van der Waals surface area contributed by atoms with Gasteiger partial charge >= 0.3 is 0 Å². The van der Waals surface area contributed by atoms with Crippen molar-refractivity contribution >= 4 is 21.8 Å². The fourth-order valence-corrected chi connectivity index (χ4v) is 1.87. The van der Waals surface area contributed by atoms with Crippen molar-refractivity contribution in [3.63, 3.8) is 0 Å². The Morgan fingerprint density at radius 2 is 2.24 bits per heavy atom. The molecule has 0 aliphatic heterocycles. The summed E-state index contributed by atoms with van der Waals surface area (Å²) in [6, 6.07) is 6.23. The first kappa shape index (κ1) is 11.9. The van der Waals surface area contributed by atoms with Crippen LogP contribution >= 0.6 is 15.9 Å². The van der Waals surface area contributed by atoms with E-state index in [9.17, 15) is 9.18 Å². The minimum absolute atomic E-state index is 0.187. The molecule has 1 amide bonds. The highest BCUT2D eigenvalue weighted by molar-refractivity contribution is 9.10. The molecule has 0 bridgehead atoms. The van der Waals surface area contributed by atoms with Crippen LogP contribution in [0.4, 0.5) is 4.39 Å². The minimum Gasteiger partial charge on any atom is -0.367 e. The topological polar surface area (TPSA) is 44.9 Å². The van der Waals surface area contributed by atoms with Crippen molar-refractivity contribution in [1.29, 1.82) is 0 Å². The van der Waals surface area contributed by atoms with Crippen LogP contribution < -0.4 is 5.32 Å². The lowest BCUT2D eigenvalue weighted by molar-refractivity contribution is 0.0949. The van der Waals surface area contributed by atoms with Gasteiger partial charge in [0.15, 0.2) is 0 Å². The average Bonchev–Trinajstić information content (AvgIpc) is 2.82. The zero-order valence-corrected chi connectivity index (χ0v) is 10.4. The molecule has 0 atom stereocenters. The van der Waals surface area contributed by atoms with Crippen LogP contribution in [0.3, 0.4) is 0 Å². The molecule has 0 fully saturated rings. The van der Waals surface area contributed by atoms with Crippen LogP contribution in [0.25, 0.3) is 0 Å². The van der Waals surface area contributed by atoms with Crippen molar-refractivity contribution in [2.24, 2.45) is 0 Å². The number of hydrogen-bond acceptors (Lipinski definition) is 1. The van der Waals surface area contributed by atoms with Gasteiger partial charge in [-0.3, -0.25) is 4.79 Å². The summed E-state index contributed by atoms with van der Waals surface area (Å²) in [6.07, 6.45) is 3.57. The van der Waals surface area contributed by atoms with E-state index in [1.807, 2.05) is 6.07 Å². The van der Waals surface area contributed by atoms with Gasteiger partial charge in [-0.1, -0.05) is 6.07 Å². The molecule has 3 nitrogen and oxygen atoms in total. The fraction of sp³-hybridized carbons (Fsp3) is 0.0833. The number of nitrogens with one attached hydrogen (secondary N) is 2. The Morgan fingerprint density at radius 1 is 1.41 bits per heavy atom. The van der Waals surface area contributed by atoms with E-state index < -0.39 is 5.82 Å². The highest BCUT2D eigenvalue weighted by atomic mass is 79.9. The third kappa shape index (κ3) is 2.74. The highest BCUT2D eigenvalue weighted by Gasteiger charge is 2.12. The number of benzene rings is 1. The summed E-state index contributed by atoms with van der Waals surface area (Å²) in [5, 5.41) is 2.71. The van der Waals surface area contributed by atoms with Gasteiger partial charge in [0.2, 0.25) is 0 Å². The van der Waals surface area contributed by atoms with Gasteiger partial charge in [-0.05, 0) is 39.7 Å². The van der Waals surface area contributed by atoms with E-state index in [2.05, 4.69) is 26.2 Å². The van der Waals surface area contributed by atoms with Crippen LogP contribution in [-0.2, 0) is 6.54 Å². The lowest BCUT2D eigenvalue weighted by Gasteiger charge is -2.06. The Bertz CT molecular complexity index is 525. The van der Waals surface area contributed by atoms with E-state index in [0.29, 0.717) is 12.1 Å². The Labute approximate surface area is 106 Å². The third-order valence-corrected chi connectivity index (χ3v) is 3.12. The summed E-state index contributed by atoms with van der Waals surface area (Å²) in [7, 11) is 0. The Balaban J connectivity index is 2.07. The number of carbonyl (C=O) groups excluding carboxylic acids is 1. The Morgan fingerprint density at radius 3 is 2.94 bits per heavy atom. The van der Waals surface area contributed by atoms with Gasteiger partial charge in [0.1, 0.15) is 5.82 Å².